The first-order chi connectivity index (χ1) is 12.9. The molecule has 0 aromatic carbocycles. The van der Waals surface area contributed by atoms with E-state index in [2.05, 4.69) is 40.1 Å². The molecule has 0 radical (unpaired) electrons. The van der Waals surface area contributed by atoms with Crippen molar-refractivity contribution in [2.24, 2.45) is 5.92 Å². The van der Waals surface area contributed by atoms with Gasteiger partial charge in [0.05, 0.1) is 6.20 Å². The van der Waals surface area contributed by atoms with Gasteiger partial charge in [-0.1, -0.05) is 0 Å². The second-order valence-corrected chi connectivity index (χ2v) is 6.32. The Kier molecular flexibility index (Phi) is 4.90. The lowest BCUT2D eigenvalue weighted by Gasteiger charge is -2.32. The third-order valence-corrected chi connectivity index (χ3v) is 4.39. The van der Waals surface area contributed by atoms with Gasteiger partial charge < -0.3 is 10.2 Å². The van der Waals surface area contributed by atoms with E-state index >= 15 is 0 Å². The lowest BCUT2D eigenvalue weighted by molar-refractivity contribution is 0.406. The fourth-order valence-electron chi connectivity index (χ4n) is 3.24. The van der Waals surface area contributed by atoms with Crippen molar-refractivity contribution in [2.45, 2.75) is 19.3 Å². The largest absolute Gasteiger partial charge is 0.341 e. The lowest BCUT2D eigenvalue weighted by atomic mass is 9.93. The number of rotatable bonds is 5. The summed E-state index contributed by atoms with van der Waals surface area (Å²) < 4.78 is 0. The Morgan fingerprint density at radius 1 is 1.00 bits per heavy atom. The summed E-state index contributed by atoms with van der Waals surface area (Å²) in [4.78, 5) is 28.0. The molecule has 1 fully saturated rings. The number of hydrogen-bond acceptors (Lipinski definition) is 8. The molecule has 1 unspecified atom stereocenters. The minimum atomic E-state index is 0.520. The maximum atomic E-state index is 4.44. The molecule has 26 heavy (non-hydrogen) atoms. The summed E-state index contributed by atoms with van der Waals surface area (Å²) in [6.07, 6.45) is 13.4. The monoisotopic (exact) mass is 348 g/mol. The maximum Gasteiger partial charge on any atom is 0.225 e. The molecule has 132 valence electrons. The van der Waals surface area contributed by atoms with Crippen LogP contribution < -0.4 is 10.2 Å². The quantitative estimate of drug-likeness (QED) is 0.750. The summed E-state index contributed by atoms with van der Waals surface area (Å²) in [6.45, 7) is 1.95. The standard InChI is InChI=1S/C18H20N8/c1-3-14(12-26(8-1)18-21-4-2-5-22-18)9-15-10-16(24-13-23-15)25-17-11-19-6-7-20-17/h2,4-7,10-11,13-14H,1,3,8-9,12H2,(H,20,23,24,25). The number of aromatic nitrogens is 6. The molecule has 0 spiro atoms. The van der Waals surface area contributed by atoms with E-state index in [9.17, 15) is 0 Å². The molecule has 8 nitrogen and oxygen atoms in total. The van der Waals surface area contributed by atoms with Gasteiger partial charge in [0, 0.05) is 49.6 Å². The van der Waals surface area contributed by atoms with Gasteiger partial charge in [-0.25, -0.2) is 24.9 Å². The molecule has 3 aromatic rings. The Labute approximate surface area is 151 Å². The zero-order valence-corrected chi connectivity index (χ0v) is 14.4. The molecule has 0 saturated carbocycles. The van der Waals surface area contributed by atoms with Gasteiger partial charge in [0.2, 0.25) is 5.95 Å². The lowest BCUT2D eigenvalue weighted by Crippen LogP contribution is -2.37. The zero-order chi connectivity index (χ0) is 17.6. The minimum absolute atomic E-state index is 0.520. The average molecular weight is 348 g/mol. The summed E-state index contributed by atoms with van der Waals surface area (Å²) in [6, 6.07) is 3.82. The summed E-state index contributed by atoms with van der Waals surface area (Å²) in [5, 5.41) is 3.16. The molecule has 3 aromatic heterocycles. The highest BCUT2D eigenvalue weighted by molar-refractivity contribution is 5.50. The summed E-state index contributed by atoms with van der Waals surface area (Å²) >= 11 is 0. The Hall–Kier alpha value is -3.16. The second-order valence-electron chi connectivity index (χ2n) is 6.32. The van der Waals surface area contributed by atoms with E-state index in [0.29, 0.717) is 11.7 Å². The SMILES string of the molecule is c1cnc(N2CCCC(Cc3cc(Nc4cnccn4)ncn3)C2)nc1. The van der Waals surface area contributed by atoms with Gasteiger partial charge in [-0.05, 0) is 31.2 Å². The van der Waals surface area contributed by atoms with Crippen molar-refractivity contribution in [3.05, 3.63) is 55.1 Å². The highest BCUT2D eigenvalue weighted by atomic mass is 15.2. The topological polar surface area (TPSA) is 92.6 Å². The van der Waals surface area contributed by atoms with Crippen molar-refractivity contribution in [2.75, 3.05) is 23.3 Å². The van der Waals surface area contributed by atoms with Crippen LogP contribution in [0.4, 0.5) is 17.6 Å². The number of piperidine rings is 1. The van der Waals surface area contributed by atoms with Gasteiger partial charge in [-0.2, -0.15) is 0 Å². The van der Waals surface area contributed by atoms with Crippen LogP contribution in [0.3, 0.4) is 0 Å². The van der Waals surface area contributed by atoms with Gasteiger partial charge in [0.25, 0.3) is 0 Å². The molecule has 1 aliphatic heterocycles. The molecule has 1 aliphatic rings. The molecular weight excluding hydrogens is 328 g/mol. The van der Waals surface area contributed by atoms with Crippen LogP contribution in [0.2, 0.25) is 0 Å². The fraction of sp³-hybridized carbons (Fsp3) is 0.333. The van der Waals surface area contributed by atoms with Crippen molar-refractivity contribution in [3.8, 4) is 0 Å². The summed E-state index contributed by atoms with van der Waals surface area (Å²) in [7, 11) is 0. The van der Waals surface area contributed by atoms with Gasteiger partial charge in [0.1, 0.15) is 18.0 Å². The Morgan fingerprint density at radius 3 is 2.77 bits per heavy atom. The first kappa shape index (κ1) is 16.3. The Balaban J connectivity index is 1.41. The molecule has 0 amide bonds. The van der Waals surface area contributed by atoms with Crippen molar-refractivity contribution < 1.29 is 0 Å². The highest BCUT2D eigenvalue weighted by Crippen LogP contribution is 2.23. The van der Waals surface area contributed by atoms with E-state index in [-0.39, 0.29) is 0 Å². The minimum Gasteiger partial charge on any atom is -0.341 e. The predicted molar refractivity (Wildman–Crippen MR) is 98.0 cm³/mol. The van der Waals surface area contributed by atoms with Crippen molar-refractivity contribution >= 4 is 17.6 Å². The average Bonchev–Trinajstić information content (AvgIpc) is 2.70. The van der Waals surface area contributed by atoms with Gasteiger partial charge in [0.15, 0.2) is 0 Å². The van der Waals surface area contributed by atoms with Crippen LogP contribution in [-0.4, -0.2) is 43.0 Å². The van der Waals surface area contributed by atoms with E-state index < -0.39 is 0 Å². The molecule has 4 heterocycles. The van der Waals surface area contributed by atoms with Crippen LogP contribution in [0.15, 0.2) is 49.4 Å². The molecule has 1 atom stereocenters. The van der Waals surface area contributed by atoms with Crippen LogP contribution in [0.25, 0.3) is 0 Å². The van der Waals surface area contributed by atoms with Crippen LogP contribution in [0.5, 0.6) is 0 Å². The summed E-state index contributed by atoms with van der Waals surface area (Å²) in [5.74, 6) is 2.73. The normalized spacial score (nSPS) is 17.1. The van der Waals surface area contributed by atoms with E-state index in [0.717, 1.165) is 43.4 Å². The van der Waals surface area contributed by atoms with Crippen LogP contribution in [0, 0.1) is 5.92 Å². The molecule has 4 rings (SSSR count). The van der Waals surface area contributed by atoms with Crippen LogP contribution >= 0.6 is 0 Å². The first-order valence-corrected chi connectivity index (χ1v) is 8.73. The van der Waals surface area contributed by atoms with Gasteiger partial charge >= 0.3 is 0 Å². The number of hydrogen-bond donors (Lipinski definition) is 1. The van der Waals surface area contributed by atoms with Crippen molar-refractivity contribution in [1.29, 1.82) is 0 Å². The highest BCUT2D eigenvalue weighted by Gasteiger charge is 2.22. The van der Waals surface area contributed by atoms with Crippen LogP contribution in [-0.2, 0) is 6.42 Å². The number of anilines is 3. The fourth-order valence-corrected chi connectivity index (χ4v) is 3.24. The Bertz CT molecular complexity index is 827. The molecule has 0 bridgehead atoms. The second kappa shape index (κ2) is 7.81. The number of nitrogens with zero attached hydrogens (tertiary/aromatic N) is 7. The van der Waals surface area contributed by atoms with E-state index in [1.807, 2.05) is 12.1 Å². The van der Waals surface area contributed by atoms with E-state index in [4.69, 9.17) is 0 Å². The molecular formula is C18H20N8. The molecule has 1 saturated heterocycles. The van der Waals surface area contributed by atoms with Crippen molar-refractivity contribution in [3.63, 3.8) is 0 Å². The molecule has 0 aliphatic carbocycles. The third-order valence-electron chi connectivity index (χ3n) is 4.39. The van der Waals surface area contributed by atoms with Gasteiger partial charge in [-0.15, -0.1) is 0 Å². The maximum absolute atomic E-state index is 4.44. The first-order valence-electron chi connectivity index (χ1n) is 8.73. The van der Waals surface area contributed by atoms with Crippen molar-refractivity contribution in [1.82, 2.24) is 29.9 Å². The van der Waals surface area contributed by atoms with Crippen LogP contribution in [0.1, 0.15) is 18.5 Å². The van der Waals surface area contributed by atoms with Gasteiger partial charge in [-0.3, -0.25) is 4.98 Å². The third kappa shape index (κ3) is 4.08. The summed E-state index contributed by atoms with van der Waals surface area (Å²) in [5.41, 5.74) is 1.02. The predicted octanol–water partition coefficient (Wildman–Crippen LogP) is 2.26. The molecule has 8 heteroatoms. The zero-order valence-electron chi connectivity index (χ0n) is 14.4. The smallest absolute Gasteiger partial charge is 0.225 e. The Morgan fingerprint density at radius 2 is 1.92 bits per heavy atom. The molecule has 1 N–H and O–H groups in total. The van der Waals surface area contributed by atoms with E-state index in [1.165, 1.54) is 6.42 Å². The number of nitrogens with one attached hydrogen (secondary N) is 1. The van der Waals surface area contributed by atoms with E-state index in [1.54, 1.807) is 37.3 Å².